The molecule has 2 nitrogen and oxygen atoms in total. The van der Waals surface area contributed by atoms with Gasteiger partial charge in [-0.15, -0.1) is 11.3 Å². The molecule has 0 radical (unpaired) electrons. The topological polar surface area (TPSA) is 15.3 Å². The smallest absolute Gasteiger partial charge is 0.0453 e. The lowest BCUT2D eigenvalue weighted by Crippen LogP contribution is -2.45. The van der Waals surface area contributed by atoms with Gasteiger partial charge in [0.1, 0.15) is 0 Å². The summed E-state index contributed by atoms with van der Waals surface area (Å²) in [4.78, 5) is 4.13. The molecule has 16 heavy (non-hydrogen) atoms. The molecule has 0 aliphatic carbocycles. The highest BCUT2D eigenvalue weighted by Crippen LogP contribution is 2.35. The van der Waals surface area contributed by atoms with E-state index in [1.54, 1.807) is 0 Å². The summed E-state index contributed by atoms with van der Waals surface area (Å²) in [6, 6.07) is 2.78. The molecule has 0 unspecified atom stereocenters. The van der Waals surface area contributed by atoms with Crippen molar-refractivity contribution < 1.29 is 0 Å². The van der Waals surface area contributed by atoms with E-state index < -0.39 is 0 Å². The molecule has 1 aliphatic rings. The first kappa shape index (κ1) is 12.6. The first-order valence-electron chi connectivity index (χ1n) is 6.00. The van der Waals surface area contributed by atoms with Crippen LogP contribution in [0.3, 0.4) is 0 Å². The quantitative estimate of drug-likeness (QED) is 0.918. The highest BCUT2D eigenvalue weighted by atomic mass is 79.9. The molecular weight excluding hydrogens is 284 g/mol. The van der Waals surface area contributed by atoms with E-state index in [-0.39, 0.29) is 0 Å². The van der Waals surface area contributed by atoms with Crippen LogP contribution in [0, 0.1) is 0 Å². The van der Waals surface area contributed by atoms with Gasteiger partial charge in [0.15, 0.2) is 0 Å². The lowest BCUT2D eigenvalue weighted by molar-refractivity contribution is 0.166. The number of thiophene rings is 1. The van der Waals surface area contributed by atoms with Crippen LogP contribution < -0.4 is 5.32 Å². The van der Waals surface area contributed by atoms with E-state index in [0.717, 1.165) is 13.1 Å². The summed E-state index contributed by atoms with van der Waals surface area (Å²) in [5.41, 5.74) is 0. The Morgan fingerprint density at radius 2 is 2.25 bits per heavy atom. The van der Waals surface area contributed by atoms with E-state index in [4.69, 9.17) is 0 Å². The van der Waals surface area contributed by atoms with Crippen molar-refractivity contribution in [2.24, 2.45) is 0 Å². The second-order valence-corrected chi connectivity index (χ2v) is 6.03. The van der Waals surface area contributed by atoms with Crippen LogP contribution in [0.4, 0.5) is 0 Å². The third-order valence-electron chi connectivity index (χ3n) is 3.10. The monoisotopic (exact) mass is 302 g/mol. The van der Waals surface area contributed by atoms with Crippen LogP contribution in [0.1, 0.15) is 30.7 Å². The number of hydrogen-bond donors (Lipinski definition) is 1. The molecule has 1 saturated heterocycles. The molecule has 1 aromatic rings. The molecule has 4 heteroatoms. The molecule has 0 amide bonds. The van der Waals surface area contributed by atoms with E-state index in [1.165, 1.54) is 35.3 Å². The summed E-state index contributed by atoms with van der Waals surface area (Å²) < 4.78 is 1.29. The predicted octanol–water partition coefficient (Wildman–Crippen LogP) is 3.26. The fraction of sp³-hybridized carbons (Fsp3) is 0.667. The average molecular weight is 303 g/mol. The van der Waals surface area contributed by atoms with Gasteiger partial charge in [-0.2, -0.15) is 0 Å². The van der Waals surface area contributed by atoms with E-state index in [1.807, 2.05) is 11.3 Å². The summed E-state index contributed by atoms with van der Waals surface area (Å²) in [5, 5.41) is 5.61. The van der Waals surface area contributed by atoms with Gasteiger partial charge in [-0.1, -0.05) is 13.3 Å². The summed E-state index contributed by atoms with van der Waals surface area (Å²) in [6.07, 6.45) is 2.51. The zero-order chi connectivity index (χ0) is 11.4. The maximum atomic E-state index is 3.67. The highest BCUT2D eigenvalue weighted by Gasteiger charge is 2.23. The van der Waals surface area contributed by atoms with Gasteiger partial charge in [-0.05, 0) is 33.8 Å². The molecule has 1 N–H and O–H groups in total. The van der Waals surface area contributed by atoms with Crippen molar-refractivity contribution in [3.63, 3.8) is 0 Å². The lowest BCUT2D eigenvalue weighted by atomic mass is 10.1. The molecular formula is C12H19BrN2S. The number of piperazine rings is 1. The number of hydrogen-bond acceptors (Lipinski definition) is 3. The highest BCUT2D eigenvalue weighted by molar-refractivity contribution is 9.10. The van der Waals surface area contributed by atoms with Crippen LogP contribution in [0.25, 0.3) is 0 Å². The van der Waals surface area contributed by atoms with Crippen molar-refractivity contribution >= 4 is 27.3 Å². The standard InChI is InChI=1S/C12H19BrN2S/c1-2-3-11(12-10(13)4-9-16-12)15-7-5-14-6-8-15/h4,9,11,14H,2-3,5-8H2,1H3/t11-/m1/s1. The Morgan fingerprint density at radius 1 is 1.50 bits per heavy atom. The van der Waals surface area contributed by atoms with Gasteiger partial charge < -0.3 is 5.32 Å². The Bertz CT molecular complexity index is 321. The van der Waals surface area contributed by atoms with Crippen molar-refractivity contribution in [2.45, 2.75) is 25.8 Å². The van der Waals surface area contributed by atoms with Gasteiger partial charge in [0.2, 0.25) is 0 Å². The third-order valence-corrected chi connectivity index (χ3v) is 5.07. The Balaban J connectivity index is 2.12. The van der Waals surface area contributed by atoms with Crippen LogP contribution in [0.5, 0.6) is 0 Å². The van der Waals surface area contributed by atoms with Crippen molar-refractivity contribution in [3.8, 4) is 0 Å². The lowest BCUT2D eigenvalue weighted by Gasteiger charge is -2.34. The molecule has 2 heterocycles. The summed E-state index contributed by atoms with van der Waals surface area (Å²) >= 11 is 5.55. The molecule has 1 aromatic heterocycles. The zero-order valence-corrected chi connectivity index (χ0v) is 12.1. The number of rotatable bonds is 4. The molecule has 1 aliphatic heterocycles. The molecule has 90 valence electrons. The number of halogens is 1. The summed E-state index contributed by atoms with van der Waals surface area (Å²) in [5.74, 6) is 0. The van der Waals surface area contributed by atoms with Gasteiger partial charge in [0, 0.05) is 41.6 Å². The minimum atomic E-state index is 0.612. The van der Waals surface area contributed by atoms with Crippen LogP contribution in [-0.4, -0.2) is 31.1 Å². The Morgan fingerprint density at radius 3 is 2.81 bits per heavy atom. The Hall–Kier alpha value is 0.1000. The first-order chi connectivity index (χ1) is 7.83. The Labute approximate surface area is 110 Å². The first-order valence-corrected chi connectivity index (χ1v) is 7.68. The summed E-state index contributed by atoms with van der Waals surface area (Å²) in [6.45, 7) is 6.88. The minimum Gasteiger partial charge on any atom is -0.314 e. The van der Waals surface area contributed by atoms with Gasteiger partial charge in [0.05, 0.1) is 0 Å². The Kier molecular flexibility index (Phi) is 4.82. The fourth-order valence-corrected chi connectivity index (χ4v) is 4.10. The van der Waals surface area contributed by atoms with Crippen LogP contribution in [-0.2, 0) is 0 Å². The molecule has 0 spiro atoms. The largest absolute Gasteiger partial charge is 0.314 e. The van der Waals surface area contributed by atoms with E-state index in [9.17, 15) is 0 Å². The second-order valence-electron chi connectivity index (χ2n) is 4.22. The normalized spacial score (nSPS) is 19.9. The van der Waals surface area contributed by atoms with Gasteiger partial charge in [-0.3, -0.25) is 4.90 Å². The zero-order valence-electron chi connectivity index (χ0n) is 9.71. The maximum absolute atomic E-state index is 3.67. The molecule has 0 saturated carbocycles. The number of nitrogens with one attached hydrogen (secondary N) is 1. The van der Waals surface area contributed by atoms with Crippen molar-refractivity contribution in [3.05, 3.63) is 20.8 Å². The second kappa shape index (κ2) is 6.15. The predicted molar refractivity (Wildman–Crippen MR) is 74.1 cm³/mol. The van der Waals surface area contributed by atoms with E-state index in [0.29, 0.717) is 6.04 Å². The van der Waals surface area contributed by atoms with Crippen molar-refractivity contribution in [1.82, 2.24) is 10.2 Å². The van der Waals surface area contributed by atoms with Crippen molar-refractivity contribution in [1.29, 1.82) is 0 Å². The number of nitrogens with zero attached hydrogens (tertiary/aromatic N) is 1. The van der Waals surface area contributed by atoms with Crippen LogP contribution >= 0.6 is 27.3 Å². The SMILES string of the molecule is CCC[C@H](c1sccc1Br)N1CCNCC1. The minimum absolute atomic E-state index is 0.612. The third kappa shape index (κ3) is 2.86. The maximum Gasteiger partial charge on any atom is 0.0453 e. The molecule has 2 rings (SSSR count). The molecule has 1 fully saturated rings. The van der Waals surface area contributed by atoms with E-state index >= 15 is 0 Å². The van der Waals surface area contributed by atoms with Crippen LogP contribution in [0.15, 0.2) is 15.9 Å². The molecule has 0 bridgehead atoms. The summed E-state index contributed by atoms with van der Waals surface area (Å²) in [7, 11) is 0. The fourth-order valence-electron chi connectivity index (χ4n) is 2.29. The van der Waals surface area contributed by atoms with Crippen molar-refractivity contribution in [2.75, 3.05) is 26.2 Å². The average Bonchev–Trinajstić information content (AvgIpc) is 2.73. The van der Waals surface area contributed by atoms with Gasteiger partial charge in [0.25, 0.3) is 0 Å². The molecule has 1 atom stereocenters. The van der Waals surface area contributed by atoms with Gasteiger partial charge >= 0.3 is 0 Å². The van der Waals surface area contributed by atoms with E-state index in [2.05, 4.69) is 44.5 Å². The van der Waals surface area contributed by atoms with Crippen LogP contribution in [0.2, 0.25) is 0 Å². The van der Waals surface area contributed by atoms with Gasteiger partial charge in [-0.25, -0.2) is 0 Å². The molecule has 0 aromatic carbocycles.